The lowest BCUT2D eigenvalue weighted by Crippen LogP contribution is -2.44. The van der Waals surface area contributed by atoms with Crippen LogP contribution in [0.4, 0.5) is 10.5 Å². The summed E-state index contributed by atoms with van der Waals surface area (Å²) in [4.78, 5) is 65.8. The van der Waals surface area contributed by atoms with E-state index in [1.165, 1.54) is 4.90 Å². The van der Waals surface area contributed by atoms with Crippen LogP contribution in [0.25, 0.3) is 0 Å². The molecule has 2 aliphatic rings. The van der Waals surface area contributed by atoms with Crippen molar-refractivity contribution in [2.24, 2.45) is 0 Å². The Balaban J connectivity index is 1.52. The summed E-state index contributed by atoms with van der Waals surface area (Å²) in [5, 5.41) is 2.77. The number of anilines is 1. The predicted molar refractivity (Wildman–Crippen MR) is 123 cm³/mol. The number of carbonyl (C=O) groups excluding carboxylic acids is 5. The van der Waals surface area contributed by atoms with Crippen molar-refractivity contribution in [3.8, 4) is 5.75 Å². The number of ketones is 2. The molecule has 0 saturated heterocycles. The van der Waals surface area contributed by atoms with Crippen molar-refractivity contribution >= 4 is 35.1 Å². The zero-order chi connectivity index (χ0) is 24.4. The second kappa shape index (κ2) is 9.46. The third-order valence-electron chi connectivity index (χ3n) is 6.16. The minimum absolute atomic E-state index is 0.0258. The van der Waals surface area contributed by atoms with Crippen molar-refractivity contribution in [2.45, 2.75) is 38.3 Å². The van der Waals surface area contributed by atoms with Crippen LogP contribution in [0.5, 0.6) is 5.75 Å². The summed E-state index contributed by atoms with van der Waals surface area (Å²) in [6.45, 7) is 0.0785. The number of hydrogen-bond acceptors (Lipinski definition) is 6. The van der Waals surface area contributed by atoms with Crippen molar-refractivity contribution in [3.63, 3.8) is 0 Å². The van der Waals surface area contributed by atoms with Crippen LogP contribution in [-0.4, -0.2) is 59.4 Å². The minimum Gasteiger partial charge on any atom is -0.497 e. The van der Waals surface area contributed by atoms with Crippen LogP contribution >= 0.6 is 0 Å². The SMILES string of the molecule is COc1ccc(NC(=O)N(C)Cc2cccc3c2C(=O)N(C2CCC(=O)CCC2=O)C3=O)cc1. The molecule has 1 aliphatic carbocycles. The maximum Gasteiger partial charge on any atom is 0.321 e. The Morgan fingerprint density at radius 1 is 1.03 bits per heavy atom. The summed E-state index contributed by atoms with van der Waals surface area (Å²) in [7, 11) is 3.13. The first-order chi connectivity index (χ1) is 16.3. The molecule has 9 nitrogen and oxygen atoms in total. The summed E-state index contributed by atoms with van der Waals surface area (Å²) >= 11 is 0. The van der Waals surface area contributed by atoms with Gasteiger partial charge in [-0.3, -0.25) is 24.1 Å². The number of rotatable bonds is 5. The second-order valence-electron chi connectivity index (χ2n) is 8.39. The molecule has 0 bridgehead atoms. The third-order valence-corrected chi connectivity index (χ3v) is 6.16. The van der Waals surface area contributed by atoms with Crippen LogP contribution in [-0.2, 0) is 16.1 Å². The number of imide groups is 1. The third kappa shape index (κ3) is 4.41. The van der Waals surface area contributed by atoms with Crippen LogP contribution in [0, 0.1) is 0 Å². The molecule has 9 heteroatoms. The van der Waals surface area contributed by atoms with Gasteiger partial charge in [0, 0.05) is 38.5 Å². The zero-order valence-corrected chi connectivity index (χ0v) is 19.0. The largest absolute Gasteiger partial charge is 0.497 e. The Labute approximate surface area is 196 Å². The van der Waals surface area contributed by atoms with Crippen molar-refractivity contribution in [1.29, 1.82) is 0 Å². The van der Waals surface area contributed by atoms with Gasteiger partial charge in [-0.1, -0.05) is 12.1 Å². The molecular formula is C25H25N3O6. The molecule has 1 atom stereocenters. The van der Waals surface area contributed by atoms with Crippen molar-refractivity contribution < 1.29 is 28.7 Å². The van der Waals surface area contributed by atoms with Gasteiger partial charge in [0.05, 0.1) is 24.3 Å². The maximum absolute atomic E-state index is 13.3. The van der Waals surface area contributed by atoms with Gasteiger partial charge in [-0.25, -0.2) is 4.79 Å². The molecule has 1 aliphatic heterocycles. The van der Waals surface area contributed by atoms with E-state index in [2.05, 4.69) is 5.32 Å². The van der Waals surface area contributed by atoms with Crippen LogP contribution in [0.2, 0.25) is 0 Å². The number of carbonyl (C=O) groups is 5. The molecule has 0 aromatic heterocycles. The van der Waals surface area contributed by atoms with Gasteiger partial charge in [0.15, 0.2) is 5.78 Å². The van der Waals surface area contributed by atoms with E-state index in [9.17, 15) is 24.0 Å². The monoisotopic (exact) mass is 463 g/mol. The fourth-order valence-corrected chi connectivity index (χ4v) is 4.29. The van der Waals surface area contributed by atoms with Gasteiger partial charge in [-0.05, 0) is 42.3 Å². The normalized spacial score (nSPS) is 17.9. The molecule has 0 spiro atoms. The Morgan fingerprint density at radius 3 is 2.47 bits per heavy atom. The second-order valence-corrected chi connectivity index (χ2v) is 8.39. The van der Waals surface area contributed by atoms with Gasteiger partial charge in [-0.2, -0.15) is 0 Å². The number of hydrogen-bond donors (Lipinski definition) is 1. The van der Waals surface area contributed by atoms with E-state index in [0.717, 1.165) is 4.90 Å². The average Bonchev–Trinajstić information content (AvgIpc) is 2.97. The molecule has 4 rings (SSSR count). The van der Waals surface area contributed by atoms with Crippen LogP contribution in [0.1, 0.15) is 52.0 Å². The summed E-state index contributed by atoms with van der Waals surface area (Å²) in [6.07, 6.45) is 0.462. The molecule has 4 amide bonds. The van der Waals surface area contributed by atoms with Crippen molar-refractivity contribution in [2.75, 3.05) is 19.5 Å². The first-order valence-corrected chi connectivity index (χ1v) is 11.0. The highest BCUT2D eigenvalue weighted by Crippen LogP contribution is 2.31. The van der Waals surface area contributed by atoms with E-state index in [1.807, 2.05) is 0 Å². The summed E-state index contributed by atoms with van der Waals surface area (Å²) in [5.41, 5.74) is 1.48. The molecule has 2 aromatic rings. The van der Waals surface area contributed by atoms with E-state index in [-0.39, 0.29) is 54.9 Å². The van der Waals surface area contributed by atoms with Gasteiger partial charge < -0.3 is 15.0 Å². The highest BCUT2D eigenvalue weighted by molar-refractivity contribution is 6.23. The predicted octanol–water partition coefficient (Wildman–Crippen LogP) is 3.04. The van der Waals surface area contributed by atoms with E-state index < -0.39 is 23.9 Å². The zero-order valence-electron chi connectivity index (χ0n) is 19.0. The lowest BCUT2D eigenvalue weighted by Gasteiger charge is -2.23. The van der Waals surface area contributed by atoms with Crippen LogP contribution in [0.3, 0.4) is 0 Å². The van der Waals surface area contributed by atoms with Gasteiger partial charge in [0.25, 0.3) is 11.8 Å². The fraction of sp³-hybridized carbons (Fsp3) is 0.320. The average molecular weight is 463 g/mol. The topological polar surface area (TPSA) is 113 Å². The van der Waals surface area contributed by atoms with Gasteiger partial charge >= 0.3 is 6.03 Å². The van der Waals surface area contributed by atoms with Gasteiger partial charge in [0.1, 0.15) is 11.5 Å². The number of methoxy groups -OCH3 is 1. The first kappa shape index (κ1) is 23.2. The summed E-state index contributed by atoms with van der Waals surface area (Å²) in [6, 6.07) is 10.4. The molecule has 1 heterocycles. The number of Topliss-reactive ketones (excluding diaryl/α,β-unsaturated/α-hetero) is 2. The lowest BCUT2D eigenvalue weighted by atomic mass is 10.0. The number of fused-ring (bicyclic) bond motifs is 1. The molecule has 176 valence electrons. The first-order valence-electron chi connectivity index (χ1n) is 11.0. The van der Waals surface area contributed by atoms with Crippen LogP contribution < -0.4 is 10.1 Å². The minimum atomic E-state index is -0.942. The number of urea groups is 1. The summed E-state index contributed by atoms with van der Waals surface area (Å²) < 4.78 is 5.11. The quantitative estimate of drug-likeness (QED) is 0.539. The number of benzene rings is 2. The molecule has 0 radical (unpaired) electrons. The number of nitrogens with zero attached hydrogens (tertiary/aromatic N) is 2. The fourth-order valence-electron chi connectivity index (χ4n) is 4.29. The lowest BCUT2D eigenvalue weighted by molar-refractivity contribution is -0.124. The Kier molecular flexibility index (Phi) is 6.45. The highest BCUT2D eigenvalue weighted by atomic mass is 16.5. The number of nitrogens with one attached hydrogen (secondary N) is 1. The van der Waals surface area contributed by atoms with Crippen LogP contribution in [0.15, 0.2) is 42.5 Å². The van der Waals surface area contributed by atoms with E-state index >= 15 is 0 Å². The standard InChI is InChI=1S/C25H25N3O6/c1-27(25(33)26-16-6-10-18(34-2)11-7-16)14-15-4-3-5-19-22(15)24(32)28(23(19)31)20-12-8-17(29)9-13-21(20)30/h3-7,10-11,20H,8-9,12-14H2,1-2H3,(H,26,33). The Hall–Kier alpha value is -4.01. The Morgan fingerprint density at radius 2 is 1.76 bits per heavy atom. The van der Waals surface area contributed by atoms with E-state index in [1.54, 1.807) is 56.6 Å². The van der Waals surface area contributed by atoms with Gasteiger partial charge in [0.2, 0.25) is 0 Å². The van der Waals surface area contributed by atoms with E-state index in [4.69, 9.17) is 4.74 Å². The van der Waals surface area contributed by atoms with Gasteiger partial charge in [-0.15, -0.1) is 0 Å². The molecule has 34 heavy (non-hydrogen) atoms. The Bertz CT molecular complexity index is 1170. The molecule has 1 unspecified atom stereocenters. The smallest absolute Gasteiger partial charge is 0.321 e. The number of ether oxygens (including phenoxy) is 1. The molecule has 1 fully saturated rings. The summed E-state index contributed by atoms with van der Waals surface area (Å²) in [5.74, 6) is -0.766. The molecule has 2 aromatic carbocycles. The molecule has 1 N–H and O–H groups in total. The number of amides is 4. The van der Waals surface area contributed by atoms with Crippen molar-refractivity contribution in [3.05, 3.63) is 59.2 Å². The molecule has 1 saturated carbocycles. The molecular weight excluding hydrogens is 438 g/mol. The van der Waals surface area contributed by atoms with Crippen molar-refractivity contribution in [1.82, 2.24) is 9.80 Å². The highest BCUT2D eigenvalue weighted by Gasteiger charge is 2.44. The van der Waals surface area contributed by atoms with E-state index in [0.29, 0.717) is 17.0 Å². The maximum atomic E-state index is 13.3.